The second-order valence-corrected chi connectivity index (χ2v) is 9.67. The average molecular weight is 447 g/mol. The van der Waals surface area contributed by atoms with Crippen LogP contribution in [0.15, 0.2) is 89.3 Å². The van der Waals surface area contributed by atoms with E-state index >= 15 is 0 Å². The highest BCUT2D eigenvalue weighted by atomic mass is 16.5. The van der Waals surface area contributed by atoms with Crippen LogP contribution >= 0.6 is 0 Å². The predicted octanol–water partition coefficient (Wildman–Crippen LogP) is 5.72. The van der Waals surface area contributed by atoms with Crippen molar-refractivity contribution in [3.8, 4) is 28.7 Å². The standard InChI is InChI=1S/C30H14BNO3/c1-2-7-21-15(5-1)18-13-20-17(14-26(18)33-21)16-11-12-25-29-30(16)32(20)19-6-3-8-22-27(19)31(29)28-23(34-22)9-4-10-24(28)35-25/h1-14H. The monoisotopic (exact) mass is 447 g/mol. The van der Waals surface area contributed by atoms with E-state index in [0.29, 0.717) is 0 Å². The Morgan fingerprint density at radius 1 is 0.543 bits per heavy atom. The van der Waals surface area contributed by atoms with Crippen LogP contribution in [0.5, 0.6) is 23.0 Å². The van der Waals surface area contributed by atoms with Crippen molar-refractivity contribution >= 4 is 66.8 Å². The van der Waals surface area contributed by atoms with Gasteiger partial charge in [-0.3, -0.25) is 0 Å². The summed E-state index contributed by atoms with van der Waals surface area (Å²) in [5.41, 5.74) is 8.95. The van der Waals surface area contributed by atoms with Gasteiger partial charge in [0.25, 0.3) is 6.71 Å². The highest BCUT2D eigenvalue weighted by molar-refractivity contribution is 7.00. The Hall–Kier alpha value is -4.64. The number of rotatable bonds is 0. The van der Waals surface area contributed by atoms with E-state index in [4.69, 9.17) is 13.9 Å². The minimum atomic E-state index is 0.0919. The fourth-order valence-electron chi connectivity index (χ4n) is 6.71. The van der Waals surface area contributed by atoms with Crippen LogP contribution in [0.3, 0.4) is 0 Å². The van der Waals surface area contributed by atoms with Crippen molar-refractivity contribution in [3.05, 3.63) is 84.9 Å². The zero-order chi connectivity index (χ0) is 22.4. The number of ether oxygens (including phenoxy) is 2. The molecule has 4 nitrogen and oxygen atoms in total. The highest BCUT2D eigenvalue weighted by Crippen LogP contribution is 2.44. The Kier molecular flexibility index (Phi) is 2.59. The van der Waals surface area contributed by atoms with Gasteiger partial charge in [-0.15, -0.1) is 0 Å². The van der Waals surface area contributed by atoms with Crippen LogP contribution in [0.1, 0.15) is 0 Å². The molecule has 0 spiro atoms. The second-order valence-electron chi connectivity index (χ2n) is 9.67. The van der Waals surface area contributed by atoms with Gasteiger partial charge >= 0.3 is 0 Å². The van der Waals surface area contributed by atoms with Gasteiger partial charge in [-0.1, -0.05) is 30.3 Å². The Morgan fingerprint density at radius 3 is 2.20 bits per heavy atom. The molecule has 35 heavy (non-hydrogen) atoms. The fraction of sp³-hybridized carbons (Fsp3) is 0. The molecule has 10 rings (SSSR count). The van der Waals surface area contributed by atoms with Gasteiger partial charge in [-0.25, -0.2) is 0 Å². The first-order valence-electron chi connectivity index (χ1n) is 11.9. The van der Waals surface area contributed by atoms with E-state index in [0.717, 1.165) is 50.4 Å². The van der Waals surface area contributed by atoms with Crippen molar-refractivity contribution in [1.82, 2.24) is 4.57 Å². The molecule has 5 heterocycles. The quantitative estimate of drug-likeness (QED) is 0.279. The maximum absolute atomic E-state index is 6.47. The molecule has 0 atom stereocenters. The fourth-order valence-corrected chi connectivity index (χ4v) is 6.71. The lowest BCUT2D eigenvalue weighted by Gasteiger charge is -2.37. The van der Waals surface area contributed by atoms with E-state index in [1.54, 1.807) is 0 Å². The molecule has 0 amide bonds. The van der Waals surface area contributed by atoms with Gasteiger partial charge in [0.1, 0.15) is 34.2 Å². The third kappa shape index (κ3) is 1.77. The molecular weight excluding hydrogens is 433 g/mol. The maximum atomic E-state index is 6.47. The zero-order valence-electron chi connectivity index (χ0n) is 18.3. The zero-order valence-corrected chi connectivity index (χ0v) is 18.3. The summed E-state index contributed by atoms with van der Waals surface area (Å²) in [5, 5.41) is 4.67. The summed E-state index contributed by atoms with van der Waals surface area (Å²) in [6.45, 7) is 0.0919. The van der Waals surface area contributed by atoms with Crippen LogP contribution in [0.2, 0.25) is 0 Å². The smallest absolute Gasteiger partial charge is 0.266 e. The van der Waals surface area contributed by atoms with Crippen molar-refractivity contribution in [2.75, 3.05) is 0 Å². The van der Waals surface area contributed by atoms with Crippen LogP contribution in [-0.2, 0) is 0 Å². The summed E-state index contributed by atoms with van der Waals surface area (Å²) in [6.07, 6.45) is 0. The molecule has 0 fully saturated rings. The van der Waals surface area contributed by atoms with Gasteiger partial charge in [0.2, 0.25) is 0 Å². The van der Waals surface area contributed by atoms with Crippen LogP contribution in [-0.4, -0.2) is 11.3 Å². The van der Waals surface area contributed by atoms with E-state index in [1.165, 1.54) is 38.4 Å². The molecule has 160 valence electrons. The maximum Gasteiger partial charge on any atom is 0.266 e. The minimum Gasteiger partial charge on any atom is -0.458 e. The molecule has 5 aromatic carbocycles. The van der Waals surface area contributed by atoms with Crippen LogP contribution < -0.4 is 25.9 Å². The molecule has 3 aliphatic heterocycles. The van der Waals surface area contributed by atoms with E-state index in [-0.39, 0.29) is 6.71 Å². The Morgan fingerprint density at radius 2 is 1.31 bits per heavy atom. The predicted molar refractivity (Wildman–Crippen MR) is 139 cm³/mol. The first-order valence-corrected chi connectivity index (χ1v) is 11.9. The average Bonchev–Trinajstić information content (AvgIpc) is 3.42. The van der Waals surface area contributed by atoms with Crippen LogP contribution in [0, 0.1) is 0 Å². The third-order valence-electron chi connectivity index (χ3n) is 8.04. The van der Waals surface area contributed by atoms with Gasteiger partial charge in [0.05, 0.1) is 11.0 Å². The molecule has 0 N–H and O–H groups in total. The first-order chi connectivity index (χ1) is 17.3. The number of hydrogen-bond acceptors (Lipinski definition) is 3. The van der Waals surface area contributed by atoms with Gasteiger partial charge in [0, 0.05) is 32.7 Å². The first kappa shape index (κ1) is 16.9. The SMILES string of the molecule is c1cc2c3c(c1)Oc1ccc4c5cc6oc7ccccc7c6cc5n5c4c1B3c1c(cccc1-5)O2. The summed E-state index contributed by atoms with van der Waals surface area (Å²) in [4.78, 5) is 0. The number of aromatic nitrogens is 1. The molecule has 0 saturated carbocycles. The summed E-state index contributed by atoms with van der Waals surface area (Å²) in [7, 11) is 0. The topological polar surface area (TPSA) is 36.5 Å². The number of hydrogen-bond donors (Lipinski definition) is 0. The Bertz CT molecular complexity index is 2120. The van der Waals surface area contributed by atoms with Crippen molar-refractivity contribution in [2.45, 2.75) is 0 Å². The lowest BCUT2D eigenvalue weighted by Crippen LogP contribution is -2.60. The van der Waals surface area contributed by atoms with Crippen LogP contribution in [0.4, 0.5) is 0 Å². The highest BCUT2D eigenvalue weighted by Gasteiger charge is 2.46. The van der Waals surface area contributed by atoms with Gasteiger partial charge in [-0.05, 0) is 65.5 Å². The molecular formula is C30H14BNO3. The molecule has 5 heteroatoms. The van der Waals surface area contributed by atoms with Gasteiger partial charge < -0.3 is 18.5 Å². The molecule has 0 aliphatic carbocycles. The Balaban J connectivity index is 1.46. The summed E-state index contributed by atoms with van der Waals surface area (Å²) >= 11 is 0. The van der Waals surface area contributed by atoms with Crippen molar-refractivity contribution in [2.24, 2.45) is 0 Å². The molecule has 7 aromatic rings. The van der Waals surface area contributed by atoms with Crippen molar-refractivity contribution in [3.63, 3.8) is 0 Å². The number of para-hydroxylation sites is 1. The lowest BCUT2D eigenvalue weighted by atomic mass is 9.33. The summed E-state index contributed by atoms with van der Waals surface area (Å²) < 4.78 is 21.6. The normalized spacial score (nSPS) is 14.1. The van der Waals surface area contributed by atoms with Crippen LogP contribution in [0.25, 0.3) is 49.4 Å². The molecule has 3 aliphatic rings. The van der Waals surface area contributed by atoms with E-state index in [9.17, 15) is 0 Å². The summed E-state index contributed by atoms with van der Waals surface area (Å²) in [5.74, 6) is 3.61. The minimum absolute atomic E-state index is 0.0919. The van der Waals surface area contributed by atoms with E-state index < -0.39 is 0 Å². The molecule has 0 unspecified atom stereocenters. The molecule has 0 saturated heterocycles. The van der Waals surface area contributed by atoms with Gasteiger partial charge in [0.15, 0.2) is 0 Å². The van der Waals surface area contributed by atoms with Gasteiger partial charge in [-0.2, -0.15) is 0 Å². The number of benzene rings is 5. The summed E-state index contributed by atoms with van der Waals surface area (Å²) in [6, 6.07) is 29.6. The molecule has 0 radical (unpaired) electrons. The largest absolute Gasteiger partial charge is 0.458 e. The number of furan rings is 1. The van der Waals surface area contributed by atoms with E-state index in [1.807, 2.05) is 30.3 Å². The second kappa shape index (κ2) is 5.36. The Labute approximate surface area is 199 Å². The van der Waals surface area contributed by atoms with E-state index in [2.05, 4.69) is 59.2 Å². The van der Waals surface area contributed by atoms with Crippen molar-refractivity contribution < 1.29 is 13.9 Å². The molecule has 2 aromatic heterocycles. The molecule has 0 bridgehead atoms. The third-order valence-corrected chi connectivity index (χ3v) is 8.04. The van der Waals surface area contributed by atoms with Crippen molar-refractivity contribution in [1.29, 1.82) is 0 Å². The number of fused-ring (bicyclic) bond motifs is 7. The lowest BCUT2D eigenvalue weighted by molar-refractivity contribution is 0.464. The number of nitrogens with zero attached hydrogens (tertiary/aromatic N) is 1.